The molecule has 1 aromatic heterocycles. The number of halogens is 2. The molecule has 1 aliphatic heterocycles. The van der Waals surface area contributed by atoms with Crippen molar-refractivity contribution in [3.8, 4) is 11.5 Å². The molecule has 0 saturated carbocycles. The van der Waals surface area contributed by atoms with Gasteiger partial charge in [0.1, 0.15) is 23.9 Å². The molecule has 1 fully saturated rings. The second-order valence-electron chi connectivity index (χ2n) is 8.20. The van der Waals surface area contributed by atoms with Crippen LogP contribution in [0.25, 0.3) is 10.9 Å². The van der Waals surface area contributed by atoms with Gasteiger partial charge in [-0.25, -0.2) is 14.4 Å². The van der Waals surface area contributed by atoms with Crippen LogP contribution in [-0.4, -0.2) is 66.6 Å². The average Bonchev–Trinajstić information content (AvgIpc) is 3.24. The Morgan fingerprint density at radius 1 is 1.25 bits per heavy atom. The van der Waals surface area contributed by atoms with E-state index in [4.69, 9.17) is 25.8 Å². The lowest BCUT2D eigenvalue weighted by atomic mass is 10.1. The zero-order valence-electron chi connectivity index (χ0n) is 19.9. The molecule has 0 spiro atoms. The summed E-state index contributed by atoms with van der Waals surface area (Å²) >= 11 is 5.90. The number of methoxy groups -OCH3 is 1. The average molecular weight is 517 g/mol. The highest BCUT2D eigenvalue weighted by molar-refractivity contribution is 6.31. The topological polar surface area (TPSA) is 103 Å². The summed E-state index contributed by atoms with van der Waals surface area (Å²) in [6.45, 7) is 3.51. The molecule has 0 radical (unpaired) electrons. The molecule has 0 bridgehead atoms. The van der Waals surface area contributed by atoms with E-state index in [0.717, 1.165) is 0 Å². The van der Waals surface area contributed by atoms with Crippen LogP contribution in [0.15, 0.2) is 36.7 Å². The lowest BCUT2D eigenvalue weighted by molar-refractivity contribution is -0.149. The Kier molecular flexibility index (Phi) is 8.17. The van der Waals surface area contributed by atoms with Crippen LogP contribution >= 0.6 is 11.6 Å². The van der Waals surface area contributed by atoms with Crippen LogP contribution < -0.4 is 14.8 Å². The molecule has 3 aromatic rings. The van der Waals surface area contributed by atoms with Gasteiger partial charge in [0.15, 0.2) is 17.3 Å². The van der Waals surface area contributed by atoms with Crippen molar-refractivity contribution in [3.05, 3.63) is 47.5 Å². The summed E-state index contributed by atoms with van der Waals surface area (Å²) in [4.78, 5) is 34.6. The molecule has 1 unspecified atom stereocenters. The van der Waals surface area contributed by atoms with Gasteiger partial charge >= 0.3 is 5.97 Å². The summed E-state index contributed by atoms with van der Waals surface area (Å²) in [6.07, 6.45) is 2.05. The normalized spacial score (nSPS) is 15.8. The van der Waals surface area contributed by atoms with Crippen molar-refractivity contribution in [2.75, 3.05) is 45.3 Å². The third-order valence-electron chi connectivity index (χ3n) is 5.76. The van der Waals surface area contributed by atoms with Gasteiger partial charge in [-0.05, 0) is 37.6 Å². The van der Waals surface area contributed by atoms with E-state index < -0.39 is 17.7 Å². The molecule has 9 nitrogen and oxygen atoms in total. The summed E-state index contributed by atoms with van der Waals surface area (Å²) in [7, 11) is 1.54. The van der Waals surface area contributed by atoms with Gasteiger partial charge in [0.25, 0.3) is 0 Å². The third kappa shape index (κ3) is 5.83. The number of benzene rings is 2. The number of hydrogen-bond acceptors (Lipinski definition) is 9. The minimum atomic E-state index is -0.714. The Morgan fingerprint density at radius 2 is 2.08 bits per heavy atom. The van der Waals surface area contributed by atoms with Crippen molar-refractivity contribution in [1.29, 1.82) is 0 Å². The van der Waals surface area contributed by atoms with Crippen LogP contribution in [0.2, 0.25) is 5.02 Å². The number of ether oxygens (including phenoxy) is 3. The molecule has 0 aliphatic carbocycles. The van der Waals surface area contributed by atoms with Crippen LogP contribution in [0.4, 0.5) is 15.9 Å². The van der Waals surface area contributed by atoms with E-state index in [1.54, 1.807) is 32.2 Å². The number of anilines is 2. The lowest BCUT2D eigenvalue weighted by Crippen LogP contribution is -2.26. The fourth-order valence-electron chi connectivity index (χ4n) is 3.99. The number of aromatic nitrogens is 2. The number of carbonyl (C=O) groups excluding carboxylic acids is 2. The first-order valence-electron chi connectivity index (χ1n) is 11.5. The quantitative estimate of drug-likeness (QED) is 0.243. The number of rotatable bonds is 10. The van der Waals surface area contributed by atoms with Gasteiger partial charge in [-0.1, -0.05) is 11.6 Å². The van der Waals surface area contributed by atoms with Crippen molar-refractivity contribution < 1.29 is 28.2 Å². The number of likely N-dealkylation sites (tertiary alicyclic amines) is 1. The standard InChI is InChI=1S/C25H26ClFN4O5/c1-3-35-25(33)17-12-31(13-21(17)32)7-4-8-36-23-10-16-20(11-22(23)34-2)28-14-29-24(16)30-15-5-6-19(27)18(26)9-15/h5-6,9-11,14,17H,3-4,7-8,12-13H2,1-2H3,(H,28,29,30). The van der Waals surface area contributed by atoms with Gasteiger partial charge in [0.2, 0.25) is 0 Å². The first kappa shape index (κ1) is 25.6. The highest BCUT2D eigenvalue weighted by Crippen LogP contribution is 2.35. The number of nitrogens with one attached hydrogen (secondary N) is 1. The fourth-order valence-corrected chi connectivity index (χ4v) is 4.17. The van der Waals surface area contributed by atoms with Crippen molar-refractivity contribution in [2.45, 2.75) is 13.3 Å². The Balaban J connectivity index is 1.42. The van der Waals surface area contributed by atoms with Gasteiger partial charge < -0.3 is 19.5 Å². The molecular weight excluding hydrogens is 491 g/mol. The van der Waals surface area contributed by atoms with Crippen molar-refractivity contribution in [2.24, 2.45) is 5.92 Å². The van der Waals surface area contributed by atoms with E-state index in [1.165, 1.54) is 18.5 Å². The van der Waals surface area contributed by atoms with E-state index >= 15 is 0 Å². The van der Waals surface area contributed by atoms with Crippen LogP contribution in [0.1, 0.15) is 13.3 Å². The summed E-state index contributed by atoms with van der Waals surface area (Å²) in [6, 6.07) is 7.83. The van der Waals surface area contributed by atoms with Crippen LogP contribution in [-0.2, 0) is 14.3 Å². The second-order valence-corrected chi connectivity index (χ2v) is 8.61. The number of fused-ring (bicyclic) bond motifs is 1. The SMILES string of the molecule is CCOC(=O)C1CN(CCCOc2cc3c(Nc4ccc(F)c(Cl)c4)ncnc3cc2OC)CC1=O. The fraction of sp³-hybridized carbons (Fsp3) is 0.360. The number of nitrogens with zero attached hydrogens (tertiary/aromatic N) is 3. The molecule has 190 valence electrons. The number of carbonyl (C=O) groups is 2. The molecule has 1 N–H and O–H groups in total. The second kappa shape index (κ2) is 11.5. The van der Waals surface area contributed by atoms with E-state index in [0.29, 0.717) is 60.0 Å². The molecule has 11 heteroatoms. The molecule has 0 amide bonds. The minimum Gasteiger partial charge on any atom is -0.493 e. The lowest BCUT2D eigenvalue weighted by Gasteiger charge is -2.16. The number of esters is 1. The number of hydrogen-bond donors (Lipinski definition) is 1. The summed E-state index contributed by atoms with van der Waals surface area (Å²) in [5, 5.41) is 3.81. The Labute approximate surface area is 212 Å². The Bertz CT molecular complexity index is 1270. The zero-order chi connectivity index (χ0) is 25.7. The van der Waals surface area contributed by atoms with E-state index in [-0.39, 0.29) is 24.0 Å². The van der Waals surface area contributed by atoms with Gasteiger partial charge in [0, 0.05) is 30.2 Å². The summed E-state index contributed by atoms with van der Waals surface area (Å²) in [5.41, 5.74) is 1.20. The van der Waals surface area contributed by atoms with Crippen molar-refractivity contribution in [1.82, 2.24) is 14.9 Å². The Morgan fingerprint density at radius 3 is 2.83 bits per heavy atom. The highest BCUT2D eigenvalue weighted by atomic mass is 35.5. The number of Topliss-reactive ketones (excluding diaryl/α,β-unsaturated/α-hetero) is 1. The first-order chi connectivity index (χ1) is 17.4. The number of ketones is 1. The van der Waals surface area contributed by atoms with Crippen LogP contribution in [0.3, 0.4) is 0 Å². The minimum absolute atomic E-state index is 0.00247. The molecule has 1 atom stereocenters. The van der Waals surface area contributed by atoms with Crippen LogP contribution in [0.5, 0.6) is 11.5 Å². The maximum absolute atomic E-state index is 13.5. The van der Waals surface area contributed by atoms with Crippen LogP contribution in [0, 0.1) is 11.7 Å². The maximum atomic E-state index is 13.5. The van der Waals surface area contributed by atoms with Gasteiger partial charge in [-0.15, -0.1) is 0 Å². The van der Waals surface area contributed by atoms with Crippen molar-refractivity contribution >= 4 is 45.8 Å². The van der Waals surface area contributed by atoms with E-state index in [1.807, 2.05) is 4.90 Å². The molecule has 36 heavy (non-hydrogen) atoms. The zero-order valence-corrected chi connectivity index (χ0v) is 20.7. The van der Waals surface area contributed by atoms with Gasteiger partial charge in [-0.2, -0.15) is 0 Å². The predicted molar refractivity (Wildman–Crippen MR) is 132 cm³/mol. The molecule has 1 aliphatic rings. The van der Waals surface area contributed by atoms with E-state index in [2.05, 4.69) is 15.3 Å². The monoisotopic (exact) mass is 516 g/mol. The third-order valence-corrected chi connectivity index (χ3v) is 6.05. The molecule has 1 saturated heterocycles. The predicted octanol–water partition coefficient (Wildman–Crippen LogP) is 4.01. The molecule has 2 heterocycles. The Hall–Kier alpha value is -3.50. The van der Waals surface area contributed by atoms with E-state index in [9.17, 15) is 14.0 Å². The molecule has 4 rings (SSSR count). The molecule has 2 aromatic carbocycles. The highest BCUT2D eigenvalue weighted by Gasteiger charge is 2.36. The smallest absolute Gasteiger partial charge is 0.317 e. The molecular formula is C25H26ClFN4O5. The van der Waals surface area contributed by atoms with Crippen molar-refractivity contribution in [3.63, 3.8) is 0 Å². The van der Waals surface area contributed by atoms with Gasteiger partial charge in [0.05, 0.1) is 37.4 Å². The first-order valence-corrected chi connectivity index (χ1v) is 11.9. The maximum Gasteiger partial charge on any atom is 0.317 e. The summed E-state index contributed by atoms with van der Waals surface area (Å²) < 4.78 is 30.0. The van der Waals surface area contributed by atoms with Gasteiger partial charge in [-0.3, -0.25) is 14.5 Å². The summed E-state index contributed by atoms with van der Waals surface area (Å²) in [5.74, 6) is -0.295. The largest absolute Gasteiger partial charge is 0.493 e.